The van der Waals surface area contributed by atoms with Crippen molar-refractivity contribution in [3.63, 3.8) is 0 Å². The van der Waals surface area contributed by atoms with Crippen LogP contribution in [0, 0.1) is 5.92 Å². The highest BCUT2D eigenvalue weighted by atomic mass is 16.5. The van der Waals surface area contributed by atoms with Crippen molar-refractivity contribution in [2.75, 3.05) is 53.6 Å². The highest BCUT2D eigenvalue weighted by molar-refractivity contribution is 5.94. The van der Waals surface area contributed by atoms with Gasteiger partial charge < -0.3 is 33.9 Å². The van der Waals surface area contributed by atoms with Crippen molar-refractivity contribution in [3.05, 3.63) is 60.3 Å². The Morgan fingerprint density at radius 3 is 2.62 bits per heavy atom. The number of ether oxygens (including phenoxy) is 3. The van der Waals surface area contributed by atoms with Crippen LogP contribution in [0.3, 0.4) is 0 Å². The number of carbonyl (C=O) groups excluding carboxylic acids is 3. The number of amides is 3. The van der Waals surface area contributed by atoms with Crippen LogP contribution in [-0.2, 0) is 16.1 Å². The van der Waals surface area contributed by atoms with E-state index in [-0.39, 0.29) is 36.7 Å². The summed E-state index contributed by atoms with van der Waals surface area (Å²) in [6.07, 6.45) is 5.51. The zero-order chi connectivity index (χ0) is 29.5. The summed E-state index contributed by atoms with van der Waals surface area (Å²) in [7, 11) is 3.06. The second-order valence-electron chi connectivity index (χ2n) is 10.2. The summed E-state index contributed by atoms with van der Waals surface area (Å²) >= 11 is 0. The zero-order valence-electron chi connectivity index (χ0n) is 23.8. The molecule has 2 atom stereocenters. The number of likely N-dealkylation sites (tertiary alicyclic amines) is 1. The number of methoxy groups -OCH3 is 2. The molecule has 4 heterocycles. The van der Waals surface area contributed by atoms with Crippen LogP contribution in [0.4, 0.5) is 0 Å². The van der Waals surface area contributed by atoms with Crippen molar-refractivity contribution in [2.45, 2.75) is 25.3 Å². The van der Waals surface area contributed by atoms with Crippen molar-refractivity contribution < 1.29 is 28.6 Å². The Balaban J connectivity index is 1.35. The van der Waals surface area contributed by atoms with Crippen molar-refractivity contribution in [2.24, 2.45) is 5.92 Å². The maximum absolute atomic E-state index is 13.5. The lowest BCUT2D eigenvalue weighted by molar-refractivity contribution is -0.131. The van der Waals surface area contributed by atoms with E-state index in [1.165, 1.54) is 13.3 Å². The fourth-order valence-electron chi connectivity index (χ4n) is 5.40. The van der Waals surface area contributed by atoms with Gasteiger partial charge in [0.2, 0.25) is 17.7 Å². The van der Waals surface area contributed by atoms with Gasteiger partial charge in [0.15, 0.2) is 11.5 Å². The molecule has 1 saturated heterocycles. The van der Waals surface area contributed by atoms with E-state index in [1.54, 1.807) is 46.3 Å². The van der Waals surface area contributed by atoms with E-state index in [4.69, 9.17) is 14.2 Å². The largest absolute Gasteiger partial charge is 0.493 e. The molecule has 13 heteroatoms. The van der Waals surface area contributed by atoms with Crippen molar-refractivity contribution in [1.82, 2.24) is 34.9 Å². The van der Waals surface area contributed by atoms with Gasteiger partial charge in [-0.05, 0) is 30.2 Å². The van der Waals surface area contributed by atoms with Gasteiger partial charge in [0.25, 0.3) is 5.91 Å². The molecule has 2 aliphatic rings. The molecule has 3 aromatic rings. The number of hydrogen-bond donors (Lipinski definition) is 1. The number of hydrogen-bond acceptors (Lipinski definition) is 9. The molecule has 13 nitrogen and oxygen atoms in total. The first-order chi connectivity index (χ1) is 20.5. The molecule has 0 aliphatic carbocycles. The summed E-state index contributed by atoms with van der Waals surface area (Å²) < 4.78 is 18.6. The Hall–Kier alpha value is -4.68. The van der Waals surface area contributed by atoms with Gasteiger partial charge >= 0.3 is 0 Å². The second-order valence-corrected chi connectivity index (χ2v) is 10.2. The molecule has 1 N–H and O–H groups in total. The third-order valence-corrected chi connectivity index (χ3v) is 7.68. The average molecular weight is 578 g/mol. The van der Waals surface area contributed by atoms with Crippen molar-refractivity contribution in [3.8, 4) is 17.4 Å². The average Bonchev–Trinajstić information content (AvgIpc) is 3.71. The lowest BCUT2D eigenvalue weighted by Crippen LogP contribution is -2.39. The normalized spacial score (nSPS) is 19.2. The van der Waals surface area contributed by atoms with Gasteiger partial charge in [0.1, 0.15) is 19.3 Å². The van der Waals surface area contributed by atoms with E-state index in [1.807, 2.05) is 18.2 Å². The molecule has 0 unspecified atom stereocenters. The van der Waals surface area contributed by atoms with E-state index in [9.17, 15) is 14.4 Å². The van der Waals surface area contributed by atoms with Gasteiger partial charge in [0, 0.05) is 62.9 Å². The van der Waals surface area contributed by atoms with Gasteiger partial charge in [-0.25, -0.2) is 4.98 Å². The second kappa shape index (κ2) is 13.3. The molecule has 2 aliphatic heterocycles. The predicted octanol–water partition coefficient (Wildman–Crippen LogP) is 1.36. The number of carbonyl (C=O) groups is 3. The summed E-state index contributed by atoms with van der Waals surface area (Å²) in [6.45, 7) is 2.56. The predicted molar refractivity (Wildman–Crippen MR) is 150 cm³/mol. The first-order valence-corrected chi connectivity index (χ1v) is 13.9. The Kier molecular flexibility index (Phi) is 9.15. The molecule has 222 valence electrons. The van der Waals surface area contributed by atoms with E-state index >= 15 is 0 Å². The Morgan fingerprint density at radius 2 is 1.83 bits per heavy atom. The quantitative estimate of drug-likeness (QED) is 0.460. The Labute approximate surface area is 243 Å². The maximum Gasteiger partial charge on any atom is 0.254 e. The van der Waals surface area contributed by atoms with Crippen LogP contribution in [0.5, 0.6) is 17.4 Å². The molecule has 0 saturated carbocycles. The number of rotatable bonds is 6. The third kappa shape index (κ3) is 6.61. The Bertz CT molecular complexity index is 1400. The van der Waals surface area contributed by atoms with Crippen LogP contribution in [0.1, 0.15) is 34.7 Å². The lowest BCUT2D eigenvalue weighted by atomic mass is 9.88. The minimum Gasteiger partial charge on any atom is -0.493 e. The van der Waals surface area contributed by atoms with Crippen LogP contribution < -0.4 is 19.5 Å². The Morgan fingerprint density at radius 1 is 1.02 bits per heavy atom. The van der Waals surface area contributed by atoms with Crippen molar-refractivity contribution >= 4 is 17.7 Å². The highest BCUT2D eigenvalue weighted by Gasteiger charge is 2.40. The topological polar surface area (TPSA) is 141 Å². The summed E-state index contributed by atoms with van der Waals surface area (Å²) in [6, 6.07) is 8.85. The van der Waals surface area contributed by atoms with Crippen LogP contribution in [0.2, 0.25) is 0 Å². The van der Waals surface area contributed by atoms with Crippen LogP contribution in [-0.4, -0.2) is 101 Å². The molecular weight excluding hydrogens is 542 g/mol. The third-order valence-electron chi connectivity index (χ3n) is 7.68. The molecule has 3 amide bonds. The number of benzene rings is 1. The molecular formula is C29H35N7O6. The van der Waals surface area contributed by atoms with Gasteiger partial charge in [-0.15, -0.1) is 10.2 Å². The minimum atomic E-state index is -0.435. The monoisotopic (exact) mass is 577 g/mol. The molecule has 2 bridgehead atoms. The van der Waals surface area contributed by atoms with Gasteiger partial charge in [-0.2, -0.15) is 0 Å². The van der Waals surface area contributed by atoms with Crippen LogP contribution >= 0.6 is 0 Å². The molecule has 42 heavy (non-hydrogen) atoms. The van der Waals surface area contributed by atoms with Crippen molar-refractivity contribution in [1.29, 1.82) is 0 Å². The number of pyridine rings is 1. The molecule has 5 rings (SSSR count). The number of aromatic nitrogens is 4. The highest BCUT2D eigenvalue weighted by Crippen LogP contribution is 2.38. The number of nitrogens with one attached hydrogen (secondary N) is 1. The molecule has 2 aromatic heterocycles. The van der Waals surface area contributed by atoms with E-state index in [2.05, 4.69) is 20.5 Å². The van der Waals surface area contributed by atoms with E-state index in [0.29, 0.717) is 68.6 Å². The smallest absolute Gasteiger partial charge is 0.254 e. The maximum atomic E-state index is 13.5. The fourth-order valence-corrected chi connectivity index (χ4v) is 5.40. The fraction of sp³-hybridized carbons (Fsp3) is 0.448. The van der Waals surface area contributed by atoms with Gasteiger partial charge in [-0.1, -0.05) is 6.07 Å². The number of nitrogens with zero attached hydrogens (tertiary/aromatic N) is 6. The molecule has 1 aromatic carbocycles. The van der Waals surface area contributed by atoms with Gasteiger partial charge in [-0.3, -0.25) is 14.4 Å². The number of aryl methyl sites for hydroxylation is 1. The minimum absolute atomic E-state index is 0.0335. The number of fused-ring (bicyclic) bond motifs is 4. The van der Waals surface area contributed by atoms with Gasteiger partial charge in [0.05, 0.1) is 26.7 Å². The molecule has 0 radical (unpaired) electrons. The first-order valence-electron chi connectivity index (χ1n) is 13.9. The zero-order valence-corrected chi connectivity index (χ0v) is 23.8. The summed E-state index contributed by atoms with van der Waals surface area (Å²) in [4.78, 5) is 47.5. The van der Waals surface area contributed by atoms with E-state index < -0.39 is 5.92 Å². The SMILES string of the molecule is COc1cc(C(=O)N2CCCNC(=O)[C@H]3CN(C(=O)CCn4cnnc4)C[C@@H]3c3ccc(OC)c(c3)OCC2)ccn1. The standard InChI is InChI=1S/C29H35N7O6/c1-40-24-5-4-20-14-25(24)42-13-12-35(29(39)21-6-9-30-26(15-21)41-2)10-3-8-31-28(38)23-17-36(16-22(20)23)27(37)7-11-34-18-32-33-19-34/h4-6,9,14-15,18-19,22-23H,3,7-8,10-13,16-17H2,1-2H3,(H,31,38)/t22-,23+/m1/s1. The van der Waals surface area contributed by atoms with E-state index in [0.717, 1.165) is 5.56 Å². The summed E-state index contributed by atoms with van der Waals surface area (Å²) in [5, 5.41) is 10.6. The molecule has 1 fully saturated rings. The van der Waals surface area contributed by atoms with Crippen LogP contribution in [0.15, 0.2) is 49.2 Å². The lowest BCUT2D eigenvalue weighted by Gasteiger charge is -2.25. The first kappa shape index (κ1) is 28.8. The summed E-state index contributed by atoms with van der Waals surface area (Å²) in [5.41, 5.74) is 1.34. The van der Waals surface area contributed by atoms with Crippen LogP contribution in [0.25, 0.3) is 0 Å². The summed E-state index contributed by atoms with van der Waals surface area (Å²) in [5.74, 6) is 0.426. The molecule has 0 spiro atoms.